The highest BCUT2D eigenvalue weighted by atomic mass is 16.5. The van der Waals surface area contributed by atoms with E-state index in [0.717, 1.165) is 11.3 Å². The molecule has 0 fully saturated rings. The van der Waals surface area contributed by atoms with Gasteiger partial charge in [0.1, 0.15) is 12.4 Å². The number of nitrogens with zero attached hydrogens (tertiary/aromatic N) is 1. The second kappa shape index (κ2) is 5.31. The van der Waals surface area contributed by atoms with Crippen LogP contribution in [0.2, 0.25) is 0 Å². The van der Waals surface area contributed by atoms with E-state index in [1.165, 1.54) is 0 Å². The lowest BCUT2D eigenvalue weighted by atomic mass is 10.2. The summed E-state index contributed by atoms with van der Waals surface area (Å²) in [5, 5.41) is 7.42. The third-order valence-electron chi connectivity index (χ3n) is 2.47. The van der Waals surface area contributed by atoms with Crippen LogP contribution in [-0.2, 0) is 6.61 Å². The Bertz CT molecular complexity index is 552. The Balaban J connectivity index is 2.12. The second-order valence-corrected chi connectivity index (χ2v) is 4.02. The number of aromatic nitrogens is 1. The maximum Gasteiger partial charge on any atom is 0.214 e. The predicted molar refractivity (Wildman–Crippen MR) is 70.8 cm³/mol. The number of hydrogen-bond acceptors (Lipinski definition) is 3. The van der Waals surface area contributed by atoms with Gasteiger partial charge < -0.3 is 10.5 Å². The molecule has 92 valence electrons. The average Bonchev–Trinajstić information content (AvgIpc) is 2.37. The molecule has 1 heterocycles. The summed E-state index contributed by atoms with van der Waals surface area (Å²) in [7, 11) is 0. The van der Waals surface area contributed by atoms with Crippen molar-refractivity contribution in [3.8, 4) is 5.88 Å². The van der Waals surface area contributed by atoms with Crippen LogP contribution >= 0.6 is 0 Å². The van der Waals surface area contributed by atoms with Crippen molar-refractivity contribution >= 4 is 5.84 Å². The highest BCUT2D eigenvalue weighted by Crippen LogP contribution is 2.13. The number of pyridine rings is 1. The largest absolute Gasteiger partial charge is 0.473 e. The molecule has 0 radical (unpaired) electrons. The van der Waals surface area contributed by atoms with Crippen LogP contribution in [0.4, 0.5) is 0 Å². The number of aryl methyl sites for hydroxylation is 1. The molecule has 2 rings (SSSR count). The smallest absolute Gasteiger partial charge is 0.214 e. The van der Waals surface area contributed by atoms with E-state index in [-0.39, 0.29) is 5.84 Å². The molecule has 1 aromatic heterocycles. The van der Waals surface area contributed by atoms with Crippen molar-refractivity contribution in [1.82, 2.24) is 4.98 Å². The quantitative estimate of drug-likeness (QED) is 0.637. The summed E-state index contributed by atoms with van der Waals surface area (Å²) in [6, 6.07) is 13.3. The first-order valence-electron chi connectivity index (χ1n) is 5.65. The topological polar surface area (TPSA) is 72.0 Å². The van der Waals surface area contributed by atoms with E-state index < -0.39 is 0 Å². The second-order valence-electron chi connectivity index (χ2n) is 4.02. The van der Waals surface area contributed by atoms with Gasteiger partial charge in [-0.25, -0.2) is 4.98 Å². The van der Waals surface area contributed by atoms with Crippen molar-refractivity contribution in [2.24, 2.45) is 5.73 Å². The zero-order valence-electron chi connectivity index (χ0n) is 10.2. The maximum absolute atomic E-state index is 7.42. The number of nitrogens with two attached hydrogens (primary N) is 1. The zero-order valence-corrected chi connectivity index (χ0v) is 10.2. The van der Waals surface area contributed by atoms with Crippen molar-refractivity contribution in [2.45, 2.75) is 13.5 Å². The van der Waals surface area contributed by atoms with Gasteiger partial charge in [0.2, 0.25) is 5.88 Å². The first kappa shape index (κ1) is 12.1. The Morgan fingerprint density at radius 1 is 1.28 bits per heavy atom. The van der Waals surface area contributed by atoms with Gasteiger partial charge in [0.15, 0.2) is 0 Å². The Morgan fingerprint density at radius 2 is 2.00 bits per heavy atom. The van der Waals surface area contributed by atoms with Gasteiger partial charge in [0.25, 0.3) is 0 Å². The molecule has 1 aromatic carbocycles. The number of nitrogens with one attached hydrogen (secondary N) is 1. The summed E-state index contributed by atoms with van der Waals surface area (Å²) in [5.41, 5.74) is 7.95. The third-order valence-corrected chi connectivity index (χ3v) is 2.47. The molecule has 0 aliphatic heterocycles. The van der Waals surface area contributed by atoms with Crippen LogP contribution in [0.1, 0.15) is 16.8 Å². The molecular formula is C14H15N3O. The van der Waals surface area contributed by atoms with E-state index >= 15 is 0 Å². The predicted octanol–water partition coefficient (Wildman–Crippen LogP) is 2.25. The number of amidine groups is 1. The van der Waals surface area contributed by atoms with Crippen LogP contribution < -0.4 is 10.5 Å². The van der Waals surface area contributed by atoms with E-state index in [1.807, 2.05) is 37.3 Å². The summed E-state index contributed by atoms with van der Waals surface area (Å²) < 4.78 is 5.60. The van der Waals surface area contributed by atoms with E-state index in [4.69, 9.17) is 15.9 Å². The minimum Gasteiger partial charge on any atom is -0.473 e. The molecule has 0 atom stereocenters. The van der Waals surface area contributed by atoms with E-state index in [2.05, 4.69) is 4.98 Å². The van der Waals surface area contributed by atoms with E-state index in [9.17, 15) is 0 Å². The van der Waals surface area contributed by atoms with Gasteiger partial charge in [-0.1, -0.05) is 30.3 Å². The number of rotatable bonds is 4. The molecule has 3 N–H and O–H groups in total. The molecule has 0 saturated carbocycles. The highest BCUT2D eigenvalue weighted by molar-refractivity contribution is 5.95. The lowest BCUT2D eigenvalue weighted by Gasteiger charge is -2.08. The molecule has 0 spiro atoms. The Kier molecular flexibility index (Phi) is 3.57. The average molecular weight is 241 g/mol. The molecule has 0 unspecified atom stereocenters. The van der Waals surface area contributed by atoms with Gasteiger partial charge in [0.05, 0.1) is 0 Å². The molecule has 0 saturated heterocycles. The summed E-state index contributed by atoms with van der Waals surface area (Å²) >= 11 is 0. The van der Waals surface area contributed by atoms with Crippen LogP contribution in [0.25, 0.3) is 0 Å². The molecule has 0 amide bonds. The monoisotopic (exact) mass is 241 g/mol. The SMILES string of the molecule is Cc1cc(C(=N)N)cc(OCc2ccccc2)n1. The lowest BCUT2D eigenvalue weighted by molar-refractivity contribution is 0.293. The maximum atomic E-state index is 7.42. The summed E-state index contributed by atoms with van der Waals surface area (Å²) in [5.74, 6) is 0.508. The number of hydrogen-bond donors (Lipinski definition) is 2. The molecule has 0 bridgehead atoms. The van der Waals surface area contributed by atoms with E-state index in [1.54, 1.807) is 12.1 Å². The summed E-state index contributed by atoms with van der Waals surface area (Å²) in [6.45, 7) is 2.30. The van der Waals surface area contributed by atoms with Crippen LogP contribution in [0, 0.1) is 12.3 Å². The molecule has 2 aromatic rings. The molecule has 0 aliphatic rings. The number of ether oxygens (including phenoxy) is 1. The van der Waals surface area contributed by atoms with Gasteiger partial charge in [-0.2, -0.15) is 0 Å². The van der Waals surface area contributed by atoms with Crippen molar-refractivity contribution in [2.75, 3.05) is 0 Å². The lowest BCUT2D eigenvalue weighted by Crippen LogP contribution is -2.12. The van der Waals surface area contributed by atoms with E-state index in [0.29, 0.717) is 18.1 Å². The normalized spacial score (nSPS) is 10.1. The van der Waals surface area contributed by atoms with Crippen LogP contribution in [-0.4, -0.2) is 10.8 Å². The molecule has 4 nitrogen and oxygen atoms in total. The number of benzene rings is 1. The summed E-state index contributed by atoms with van der Waals surface area (Å²) in [4.78, 5) is 4.26. The standard InChI is InChI=1S/C14H15N3O/c1-10-7-12(14(15)16)8-13(17-10)18-9-11-5-3-2-4-6-11/h2-8H,9H2,1H3,(H3,15,16). The molecule has 0 aliphatic carbocycles. The van der Waals surface area contributed by atoms with Crippen LogP contribution in [0.3, 0.4) is 0 Å². The minimum atomic E-state index is 0.0186. The first-order valence-corrected chi connectivity index (χ1v) is 5.65. The van der Waals surface area contributed by atoms with Crippen molar-refractivity contribution < 1.29 is 4.74 Å². The molecular weight excluding hydrogens is 226 g/mol. The number of nitrogen functional groups attached to an aromatic ring is 1. The Labute approximate surface area is 106 Å². The third kappa shape index (κ3) is 3.07. The van der Waals surface area contributed by atoms with Crippen molar-refractivity contribution in [3.63, 3.8) is 0 Å². The Morgan fingerprint density at radius 3 is 2.67 bits per heavy atom. The molecule has 4 heteroatoms. The van der Waals surface area contributed by atoms with Gasteiger partial charge in [0, 0.05) is 17.3 Å². The fraction of sp³-hybridized carbons (Fsp3) is 0.143. The van der Waals surface area contributed by atoms with Gasteiger partial charge in [-0.3, -0.25) is 5.41 Å². The highest BCUT2D eigenvalue weighted by Gasteiger charge is 2.03. The molecule has 18 heavy (non-hydrogen) atoms. The summed E-state index contributed by atoms with van der Waals surface area (Å²) in [6.07, 6.45) is 0. The van der Waals surface area contributed by atoms with Gasteiger partial charge in [-0.15, -0.1) is 0 Å². The van der Waals surface area contributed by atoms with Crippen LogP contribution in [0.15, 0.2) is 42.5 Å². The van der Waals surface area contributed by atoms with Gasteiger partial charge in [-0.05, 0) is 18.6 Å². The fourth-order valence-electron chi connectivity index (χ4n) is 1.60. The minimum absolute atomic E-state index is 0.0186. The Hall–Kier alpha value is -2.36. The fourth-order valence-corrected chi connectivity index (χ4v) is 1.60. The van der Waals surface area contributed by atoms with Gasteiger partial charge >= 0.3 is 0 Å². The van der Waals surface area contributed by atoms with Crippen molar-refractivity contribution in [1.29, 1.82) is 5.41 Å². The first-order chi connectivity index (χ1) is 8.65. The van der Waals surface area contributed by atoms with Crippen LogP contribution in [0.5, 0.6) is 5.88 Å². The zero-order chi connectivity index (χ0) is 13.0. The van der Waals surface area contributed by atoms with Crippen molar-refractivity contribution in [3.05, 3.63) is 59.3 Å².